The molecule has 2 amide bonds. The average molecular weight is 345 g/mol. The van der Waals surface area contributed by atoms with E-state index in [9.17, 15) is 9.90 Å². The van der Waals surface area contributed by atoms with Gasteiger partial charge in [-0.3, -0.25) is 0 Å². The van der Waals surface area contributed by atoms with Crippen LogP contribution < -0.4 is 10.1 Å². The number of aliphatic hydroxyl groups excluding tert-OH is 1. The molecule has 6 heteroatoms. The van der Waals surface area contributed by atoms with Gasteiger partial charge in [-0.15, -0.1) is 0 Å². The lowest BCUT2D eigenvalue weighted by molar-refractivity contribution is 0.138. The van der Waals surface area contributed by atoms with Gasteiger partial charge in [0.1, 0.15) is 5.75 Å². The van der Waals surface area contributed by atoms with Gasteiger partial charge in [0.15, 0.2) is 0 Å². The van der Waals surface area contributed by atoms with Crippen LogP contribution in [0.5, 0.6) is 5.75 Å². The number of methoxy groups -OCH3 is 1. The summed E-state index contributed by atoms with van der Waals surface area (Å²) in [6, 6.07) is 6.04. The summed E-state index contributed by atoms with van der Waals surface area (Å²) in [6.07, 6.45) is 4.96. The predicted octanol–water partition coefficient (Wildman–Crippen LogP) is 2.66. The Bertz CT molecular complexity index is 726. The fourth-order valence-corrected chi connectivity index (χ4v) is 3.73. The van der Waals surface area contributed by atoms with Crippen molar-refractivity contribution in [3.8, 4) is 5.75 Å². The van der Waals surface area contributed by atoms with Crippen molar-refractivity contribution < 1.29 is 14.6 Å². The van der Waals surface area contributed by atoms with Gasteiger partial charge in [-0.2, -0.15) is 0 Å². The lowest BCUT2D eigenvalue weighted by atomic mass is 10.1. The molecule has 2 heterocycles. The zero-order chi connectivity index (χ0) is 17.8. The molecule has 1 saturated heterocycles. The summed E-state index contributed by atoms with van der Waals surface area (Å²) < 4.78 is 5.45. The number of nitrogens with one attached hydrogen (secondary N) is 2. The maximum atomic E-state index is 12.5. The van der Waals surface area contributed by atoms with E-state index in [1.54, 1.807) is 14.0 Å². The molecular formula is C19H27N3O3. The monoisotopic (exact) mass is 345 g/mol. The number of rotatable bonds is 6. The molecule has 136 valence electrons. The topological polar surface area (TPSA) is 77.6 Å². The Morgan fingerprint density at radius 3 is 3.12 bits per heavy atom. The quantitative estimate of drug-likeness (QED) is 0.753. The molecular weight excluding hydrogens is 318 g/mol. The Morgan fingerprint density at radius 1 is 1.52 bits per heavy atom. The number of aromatic amines is 1. The number of fused-ring (bicyclic) bond motifs is 1. The smallest absolute Gasteiger partial charge is 0.317 e. The van der Waals surface area contributed by atoms with Gasteiger partial charge in [-0.05, 0) is 50.3 Å². The predicted molar refractivity (Wildman–Crippen MR) is 98.0 cm³/mol. The van der Waals surface area contributed by atoms with Gasteiger partial charge in [0.05, 0.1) is 13.2 Å². The summed E-state index contributed by atoms with van der Waals surface area (Å²) >= 11 is 0. The third-order valence-electron chi connectivity index (χ3n) is 4.89. The number of hydrogen-bond acceptors (Lipinski definition) is 3. The molecule has 1 aromatic carbocycles. The highest BCUT2D eigenvalue weighted by molar-refractivity contribution is 5.89. The van der Waals surface area contributed by atoms with E-state index < -0.39 is 0 Å². The van der Waals surface area contributed by atoms with Gasteiger partial charge in [0.2, 0.25) is 0 Å². The van der Waals surface area contributed by atoms with Crippen LogP contribution in [0.4, 0.5) is 4.79 Å². The number of aromatic nitrogens is 1. The largest absolute Gasteiger partial charge is 0.496 e. The van der Waals surface area contributed by atoms with E-state index in [0.29, 0.717) is 13.0 Å². The molecule has 25 heavy (non-hydrogen) atoms. The average Bonchev–Trinajstić information content (AvgIpc) is 3.21. The molecule has 1 aliphatic rings. The first-order chi connectivity index (χ1) is 12.1. The van der Waals surface area contributed by atoms with Crippen molar-refractivity contribution in [3.63, 3.8) is 0 Å². The number of amides is 2. The van der Waals surface area contributed by atoms with Gasteiger partial charge in [0.25, 0.3) is 0 Å². The molecule has 6 nitrogen and oxygen atoms in total. The van der Waals surface area contributed by atoms with Crippen LogP contribution in [0.3, 0.4) is 0 Å². The number of likely N-dealkylation sites (tertiary alicyclic amines) is 1. The third kappa shape index (κ3) is 3.90. The summed E-state index contributed by atoms with van der Waals surface area (Å²) in [5.41, 5.74) is 2.17. The summed E-state index contributed by atoms with van der Waals surface area (Å²) in [4.78, 5) is 17.6. The standard InChI is InChI=1S/C19H27N3O3/c1-13(23)11-15-5-4-10-22(15)19(24)20-9-8-14-12-21-16-6-3-7-17(25-2)18(14)16/h3,6-7,12-13,15,21,23H,4-5,8-11H2,1-2H3,(H,20,24)/t13-,15+/m1/s1. The SMILES string of the molecule is COc1cccc2[nH]cc(CCNC(=O)N3CCC[C@H]3C[C@@H](C)O)c12. The zero-order valence-corrected chi connectivity index (χ0v) is 14.9. The fourth-order valence-electron chi connectivity index (χ4n) is 3.73. The molecule has 2 atom stereocenters. The van der Waals surface area contributed by atoms with Crippen LogP contribution in [0.25, 0.3) is 10.9 Å². The van der Waals surface area contributed by atoms with E-state index in [2.05, 4.69) is 10.3 Å². The van der Waals surface area contributed by atoms with Crippen molar-refractivity contribution in [2.75, 3.05) is 20.2 Å². The minimum atomic E-state index is -0.378. The minimum absolute atomic E-state index is 0.0324. The Labute approximate surface area is 148 Å². The van der Waals surface area contributed by atoms with E-state index in [4.69, 9.17) is 4.74 Å². The number of carbonyl (C=O) groups excluding carboxylic acids is 1. The lowest BCUT2D eigenvalue weighted by Crippen LogP contribution is -2.44. The molecule has 0 spiro atoms. The first-order valence-electron chi connectivity index (χ1n) is 8.95. The highest BCUT2D eigenvalue weighted by Gasteiger charge is 2.29. The highest BCUT2D eigenvalue weighted by atomic mass is 16.5. The van der Waals surface area contributed by atoms with E-state index in [1.807, 2.05) is 29.3 Å². The fraction of sp³-hybridized carbons (Fsp3) is 0.526. The number of carbonyl (C=O) groups is 1. The summed E-state index contributed by atoms with van der Waals surface area (Å²) in [5, 5.41) is 13.7. The van der Waals surface area contributed by atoms with E-state index in [0.717, 1.165) is 48.0 Å². The molecule has 1 aromatic heterocycles. The molecule has 3 rings (SSSR count). The van der Waals surface area contributed by atoms with Crippen molar-refractivity contribution >= 4 is 16.9 Å². The third-order valence-corrected chi connectivity index (χ3v) is 4.89. The second-order valence-electron chi connectivity index (χ2n) is 6.75. The number of H-pyrrole nitrogens is 1. The summed E-state index contributed by atoms with van der Waals surface area (Å²) in [7, 11) is 1.67. The first kappa shape index (κ1) is 17.6. The minimum Gasteiger partial charge on any atom is -0.496 e. The summed E-state index contributed by atoms with van der Waals surface area (Å²) in [6.45, 7) is 3.12. The van der Waals surface area contributed by atoms with Crippen LogP contribution in [0.2, 0.25) is 0 Å². The Balaban J connectivity index is 1.59. The number of hydrogen-bond donors (Lipinski definition) is 3. The van der Waals surface area contributed by atoms with Crippen molar-refractivity contribution in [3.05, 3.63) is 30.0 Å². The van der Waals surface area contributed by atoms with Crippen LogP contribution in [0.15, 0.2) is 24.4 Å². The molecule has 1 aliphatic heterocycles. The molecule has 2 aromatic rings. The van der Waals surface area contributed by atoms with Gasteiger partial charge >= 0.3 is 6.03 Å². The number of nitrogens with zero attached hydrogens (tertiary/aromatic N) is 1. The molecule has 0 saturated carbocycles. The second kappa shape index (κ2) is 7.78. The van der Waals surface area contributed by atoms with Crippen LogP contribution in [-0.2, 0) is 6.42 Å². The maximum Gasteiger partial charge on any atom is 0.317 e. The normalized spacial score (nSPS) is 18.5. The molecule has 0 bridgehead atoms. The maximum absolute atomic E-state index is 12.5. The Hall–Kier alpha value is -2.21. The van der Waals surface area contributed by atoms with Crippen LogP contribution in [-0.4, -0.2) is 53.4 Å². The first-order valence-corrected chi connectivity index (χ1v) is 8.95. The number of urea groups is 1. The van der Waals surface area contributed by atoms with Crippen LogP contribution >= 0.6 is 0 Å². The highest BCUT2D eigenvalue weighted by Crippen LogP contribution is 2.28. The van der Waals surface area contributed by atoms with E-state index in [-0.39, 0.29) is 18.2 Å². The van der Waals surface area contributed by atoms with Gasteiger partial charge < -0.3 is 25.0 Å². The van der Waals surface area contributed by atoms with Crippen molar-refractivity contribution in [2.45, 2.75) is 44.8 Å². The summed E-state index contributed by atoms with van der Waals surface area (Å²) in [5.74, 6) is 0.844. The second-order valence-corrected chi connectivity index (χ2v) is 6.75. The van der Waals surface area contributed by atoms with Crippen molar-refractivity contribution in [1.82, 2.24) is 15.2 Å². The number of benzene rings is 1. The number of ether oxygens (including phenoxy) is 1. The van der Waals surface area contributed by atoms with Crippen LogP contribution in [0.1, 0.15) is 31.7 Å². The van der Waals surface area contributed by atoms with Gasteiger partial charge in [-0.1, -0.05) is 6.07 Å². The molecule has 1 fully saturated rings. The lowest BCUT2D eigenvalue weighted by Gasteiger charge is -2.26. The van der Waals surface area contributed by atoms with Crippen molar-refractivity contribution in [2.24, 2.45) is 0 Å². The molecule has 0 aliphatic carbocycles. The molecule has 0 unspecified atom stereocenters. The van der Waals surface area contributed by atoms with E-state index in [1.165, 1.54) is 0 Å². The van der Waals surface area contributed by atoms with Gasteiger partial charge in [0, 0.05) is 36.2 Å². The van der Waals surface area contributed by atoms with Crippen LogP contribution in [0, 0.1) is 0 Å². The molecule has 3 N–H and O–H groups in total. The zero-order valence-electron chi connectivity index (χ0n) is 14.9. The number of aliphatic hydroxyl groups is 1. The van der Waals surface area contributed by atoms with Crippen molar-refractivity contribution in [1.29, 1.82) is 0 Å². The van der Waals surface area contributed by atoms with Gasteiger partial charge in [-0.25, -0.2) is 4.79 Å². The van der Waals surface area contributed by atoms with E-state index >= 15 is 0 Å². The molecule has 0 radical (unpaired) electrons. The Kier molecular flexibility index (Phi) is 5.48. The Morgan fingerprint density at radius 2 is 2.36 bits per heavy atom.